The van der Waals surface area contributed by atoms with Crippen LogP contribution in [0.15, 0.2) is 84.9 Å². The largest absolute Gasteiger partial charge is 0.673 e. The predicted octanol–water partition coefficient (Wildman–Crippen LogP) is 5.85. The third-order valence-corrected chi connectivity index (χ3v) is 5.10. The van der Waals surface area contributed by atoms with Crippen LogP contribution < -0.4 is 9.05 Å². The Morgan fingerprint density at radius 3 is 1.63 bits per heavy atom. The van der Waals surface area contributed by atoms with Gasteiger partial charge in [0, 0.05) is 22.9 Å². The zero-order valence-electron chi connectivity index (χ0n) is 17.0. The average Bonchev–Trinajstić information content (AvgIpc) is 2.70. The van der Waals surface area contributed by atoms with Gasteiger partial charge >= 0.3 is 7.25 Å². The summed E-state index contributed by atoms with van der Waals surface area (Å²) in [5, 5.41) is 2.59. The Hall–Kier alpha value is -2.93. The summed E-state index contributed by atoms with van der Waals surface area (Å²) in [5.74, 6) is 0. The predicted molar refractivity (Wildman–Crippen MR) is 117 cm³/mol. The van der Waals surface area contributed by atoms with Crippen LogP contribution in [-0.4, -0.2) is 27.9 Å². The molecule has 0 atom stereocenters. The fourth-order valence-electron chi connectivity index (χ4n) is 3.56. The van der Waals surface area contributed by atoms with E-state index in [-0.39, 0.29) is 0 Å². The monoisotopic (exact) mass is 415 g/mol. The Bertz CT molecular complexity index is 1070. The quantitative estimate of drug-likeness (QED) is 0.130. The highest BCUT2D eigenvalue weighted by molar-refractivity contribution is 6.50. The van der Waals surface area contributed by atoms with Crippen LogP contribution in [0, 0.1) is 0 Å². The second-order valence-electron chi connectivity index (χ2n) is 7.65. The third-order valence-electron chi connectivity index (χ3n) is 5.10. The molecule has 0 aliphatic heterocycles. The van der Waals surface area contributed by atoms with Crippen LogP contribution in [0.1, 0.15) is 0 Å². The van der Waals surface area contributed by atoms with Crippen LogP contribution in [-0.2, 0) is 6.54 Å². The summed E-state index contributed by atoms with van der Waals surface area (Å²) in [4.78, 5) is 0. The van der Waals surface area contributed by atoms with Gasteiger partial charge < -0.3 is 17.3 Å². The summed E-state index contributed by atoms with van der Waals surface area (Å²) in [6.45, 7) is 2.01. The molecule has 0 bridgehead atoms. The molecule has 0 spiro atoms. The first-order chi connectivity index (χ1) is 14.1. The van der Waals surface area contributed by atoms with Crippen LogP contribution in [0.25, 0.3) is 21.8 Å². The van der Waals surface area contributed by atoms with Crippen molar-refractivity contribution in [2.45, 2.75) is 6.54 Å². The number of fused-ring (bicyclic) bond motifs is 2. The van der Waals surface area contributed by atoms with E-state index >= 15 is 0 Å². The summed E-state index contributed by atoms with van der Waals surface area (Å²) in [5.41, 5.74) is 3.94. The normalized spacial score (nSPS) is 11.9. The molecule has 156 valence electrons. The molecular weight excluding hydrogens is 391 g/mol. The van der Waals surface area contributed by atoms with Gasteiger partial charge in [0.25, 0.3) is 0 Å². The van der Waals surface area contributed by atoms with Gasteiger partial charge in [-0.25, -0.2) is 0 Å². The van der Waals surface area contributed by atoms with E-state index in [0.29, 0.717) is 0 Å². The number of likely N-dealkylation sites (N-methyl/N-ethyl adjacent to an activating group) is 1. The number of hydrogen-bond acceptors (Lipinski definition) is 0. The van der Waals surface area contributed by atoms with E-state index in [1.165, 1.54) is 27.5 Å². The minimum atomic E-state index is -6.00. The van der Waals surface area contributed by atoms with E-state index in [2.05, 4.69) is 104 Å². The topological polar surface area (TPSA) is 3.88 Å². The maximum Gasteiger partial charge on any atom is 0.673 e. The molecule has 1 aromatic heterocycles. The Morgan fingerprint density at radius 1 is 0.700 bits per heavy atom. The number of benzene rings is 3. The van der Waals surface area contributed by atoms with Crippen LogP contribution in [0.4, 0.5) is 23.0 Å². The number of hydrogen-bond donors (Lipinski definition) is 0. The Kier molecular flexibility index (Phi) is 6.41. The maximum atomic E-state index is 9.75. The van der Waals surface area contributed by atoms with Gasteiger partial charge in [-0.05, 0) is 30.3 Å². The highest BCUT2D eigenvalue weighted by Crippen LogP contribution is 2.20. The van der Waals surface area contributed by atoms with E-state index in [0.717, 1.165) is 17.6 Å². The fraction of sp³-hybridized carbons (Fsp3) is 0.174. The molecule has 0 aliphatic carbocycles. The van der Waals surface area contributed by atoms with Crippen LogP contribution in [0.3, 0.4) is 0 Å². The number of halogens is 4. The molecule has 1 heterocycles. The Balaban J connectivity index is 0.000000461. The molecule has 0 N–H and O–H groups in total. The second-order valence-corrected chi connectivity index (χ2v) is 7.65. The summed E-state index contributed by atoms with van der Waals surface area (Å²) < 4.78 is 42.3. The van der Waals surface area contributed by atoms with Crippen molar-refractivity contribution in [3.63, 3.8) is 0 Å². The number of pyridine rings is 1. The van der Waals surface area contributed by atoms with Crippen molar-refractivity contribution >= 4 is 34.7 Å². The Morgan fingerprint density at radius 2 is 1.13 bits per heavy atom. The first-order valence-corrected chi connectivity index (χ1v) is 9.71. The number of aromatic nitrogens is 1. The van der Waals surface area contributed by atoms with Gasteiger partial charge in [0.05, 0.1) is 14.1 Å². The van der Waals surface area contributed by atoms with Gasteiger partial charge in [0.2, 0.25) is 11.0 Å². The third kappa shape index (κ3) is 5.57. The van der Waals surface area contributed by atoms with Crippen molar-refractivity contribution in [1.29, 1.82) is 0 Å². The van der Waals surface area contributed by atoms with Crippen LogP contribution >= 0.6 is 0 Å². The number of quaternary nitrogens is 1. The lowest BCUT2D eigenvalue weighted by Crippen LogP contribution is -2.49. The fourth-order valence-corrected chi connectivity index (χ4v) is 3.56. The molecule has 0 fully saturated rings. The molecule has 4 rings (SSSR count). The molecule has 0 radical (unpaired) electrons. The first-order valence-electron chi connectivity index (χ1n) is 9.71. The van der Waals surface area contributed by atoms with Crippen LogP contribution in [0.5, 0.6) is 0 Å². The van der Waals surface area contributed by atoms with E-state index in [1.807, 2.05) is 0 Å². The van der Waals surface area contributed by atoms with Gasteiger partial charge in [-0.3, -0.25) is 4.48 Å². The van der Waals surface area contributed by atoms with E-state index < -0.39 is 7.25 Å². The molecule has 0 saturated heterocycles. The molecule has 0 saturated carbocycles. The number of nitrogens with zero attached hydrogens (tertiary/aromatic N) is 2. The lowest BCUT2D eigenvalue weighted by molar-refractivity contribution is -0.644. The van der Waals surface area contributed by atoms with Gasteiger partial charge in [-0.15, -0.1) is 0 Å². The molecule has 0 aliphatic rings. The van der Waals surface area contributed by atoms with Gasteiger partial charge in [0.15, 0.2) is 6.54 Å². The van der Waals surface area contributed by atoms with Gasteiger partial charge in [0.1, 0.15) is 12.2 Å². The summed E-state index contributed by atoms with van der Waals surface area (Å²) in [6.07, 6.45) is 0. The molecule has 0 unspecified atom stereocenters. The lowest BCUT2D eigenvalue weighted by Gasteiger charge is -2.28. The highest BCUT2D eigenvalue weighted by atomic mass is 19.5. The zero-order valence-corrected chi connectivity index (χ0v) is 17.0. The standard InChI is InChI=1S/C23H24N2.BF4/c1-25(2,21-12-4-3-5-13-21)17-16-24-22-14-8-6-10-19(22)18-20-11-7-9-15-23(20)24;2-1(3,4)5/h3-15,18H,16-17H2,1-2H3;/q+2;-1. The molecular formula is C23H24BF4N2+. The summed E-state index contributed by atoms with van der Waals surface area (Å²) >= 11 is 0. The SMILES string of the molecule is C[N+](C)(CC[n+]1c2ccccc2cc2ccccc21)c1ccccc1.F[B-](F)(F)F. The smallest absolute Gasteiger partial charge is 0.418 e. The summed E-state index contributed by atoms with van der Waals surface area (Å²) in [6, 6.07) is 30.4. The molecule has 0 amide bonds. The lowest BCUT2D eigenvalue weighted by atomic mass is 10.1. The summed E-state index contributed by atoms with van der Waals surface area (Å²) in [7, 11) is -1.44. The highest BCUT2D eigenvalue weighted by Gasteiger charge is 2.23. The molecule has 4 aromatic rings. The maximum absolute atomic E-state index is 9.75. The van der Waals surface area contributed by atoms with Crippen molar-refractivity contribution in [2.24, 2.45) is 0 Å². The average molecular weight is 415 g/mol. The van der Waals surface area contributed by atoms with E-state index in [4.69, 9.17) is 0 Å². The minimum absolute atomic E-state index is 0.866. The van der Waals surface area contributed by atoms with E-state index in [9.17, 15) is 17.3 Å². The van der Waals surface area contributed by atoms with Crippen molar-refractivity contribution in [2.75, 3.05) is 20.6 Å². The number of para-hydroxylation sites is 3. The number of rotatable bonds is 4. The van der Waals surface area contributed by atoms with Gasteiger partial charge in [-0.2, -0.15) is 4.57 Å². The van der Waals surface area contributed by atoms with Crippen molar-refractivity contribution in [3.05, 3.63) is 84.9 Å². The molecule has 30 heavy (non-hydrogen) atoms. The van der Waals surface area contributed by atoms with Crippen molar-refractivity contribution in [3.8, 4) is 0 Å². The van der Waals surface area contributed by atoms with E-state index in [1.54, 1.807) is 0 Å². The Labute approximate surface area is 173 Å². The van der Waals surface area contributed by atoms with Crippen LogP contribution in [0.2, 0.25) is 0 Å². The molecule has 2 nitrogen and oxygen atoms in total. The minimum Gasteiger partial charge on any atom is -0.418 e. The molecule has 3 aromatic carbocycles. The first kappa shape index (κ1) is 21.8. The molecule has 7 heteroatoms. The van der Waals surface area contributed by atoms with Gasteiger partial charge in [-0.1, -0.05) is 42.5 Å². The zero-order chi connectivity index (χ0) is 21.8. The second kappa shape index (κ2) is 8.84. The van der Waals surface area contributed by atoms with Crippen molar-refractivity contribution in [1.82, 2.24) is 4.48 Å². The van der Waals surface area contributed by atoms with Crippen molar-refractivity contribution < 1.29 is 21.8 Å².